The molecule has 3 rings (SSSR count). The summed E-state index contributed by atoms with van der Waals surface area (Å²) in [6.07, 6.45) is 2.95. The molecule has 5 heteroatoms. The Morgan fingerprint density at radius 2 is 1.84 bits per heavy atom. The summed E-state index contributed by atoms with van der Waals surface area (Å²) in [5, 5.41) is 0. The highest BCUT2D eigenvalue weighted by Gasteiger charge is 2.29. The molecule has 1 saturated heterocycles. The quantitative estimate of drug-likeness (QED) is 0.804. The molecule has 0 unspecified atom stereocenters. The fourth-order valence-electron chi connectivity index (χ4n) is 3.05. The van der Waals surface area contributed by atoms with Gasteiger partial charge in [0.05, 0.1) is 11.6 Å². The molecular weight excluding hydrogens is 316 g/mol. The van der Waals surface area contributed by atoms with Gasteiger partial charge in [0.25, 0.3) is 5.91 Å². The smallest absolute Gasteiger partial charge is 0.309 e. The molecule has 1 fully saturated rings. The second kappa shape index (κ2) is 7.92. The first-order valence-electron chi connectivity index (χ1n) is 8.56. The molecule has 1 amide bonds. The van der Waals surface area contributed by atoms with Crippen LogP contribution in [0.4, 0.5) is 0 Å². The lowest BCUT2D eigenvalue weighted by Gasteiger charge is -2.31. The third-order valence-electron chi connectivity index (χ3n) is 4.58. The van der Waals surface area contributed by atoms with Crippen molar-refractivity contribution < 1.29 is 14.3 Å². The average Bonchev–Trinajstić information content (AvgIpc) is 2.67. The van der Waals surface area contributed by atoms with Crippen LogP contribution >= 0.6 is 0 Å². The highest BCUT2D eigenvalue weighted by atomic mass is 16.5. The van der Waals surface area contributed by atoms with Crippen molar-refractivity contribution in [2.75, 3.05) is 13.1 Å². The van der Waals surface area contributed by atoms with Gasteiger partial charge in [-0.2, -0.15) is 0 Å². The highest BCUT2D eigenvalue weighted by Crippen LogP contribution is 2.21. The third kappa shape index (κ3) is 4.24. The number of hydrogen-bond acceptors (Lipinski definition) is 4. The van der Waals surface area contributed by atoms with Gasteiger partial charge < -0.3 is 9.64 Å². The van der Waals surface area contributed by atoms with Crippen molar-refractivity contribution in [1.29, 1.82) is 0 Å². The number of rotatable bonds is 4. The van der Waals surface area contributed by atoms with E-state index in [-0.39, 0.29) is 24.4 Å². The number of nitrogens with zero attached hydrogens (tertiary/aromatic N) is 2. The van der Waals surface area contributed by atoms with Gasteiger partial charge in [0.15, 0.2) is 0 Å². The van der Waals surface area contributed by atoms with Gasteiger partial charge in [-0.1, -0.05) is 24.3 Å². The minimum atomic E-state index is -0.200. The molecule has 130 valence electrons. The number of carbonyl (C=O) groups is 2. The van der Waals surface area contributed by atoms with Crippen LogP contribution in [0.3, 0.4) is 0 Å². The first kappa shape index (κ1) is 17.1. The molecule has 0 N–H and O–H groups in total. The number of pyridine rings is 1. The van der Waals surface area contributed by atoms with Crippen molar-refractivity contribution in [2.45, 2.75) is 26.4 Å². The summed E-state index contributed by atoms with van der Waals surface area (Å²) < 4.78 is 5.36. The number of likely N-dealkylation sites (tertiary alicyclic amines) is 1. The maximum absolute atomic E-state index is 12.6. The standard InChI is InChI=1S/C20H22N2O3/c1-15-6-2-3-8-18(15)19(23)22-12-9-16(10-13-22)20(24)25-14-17-7-4-5-11-21-17/h2-8,11,16H,9-10,12-14H2,1H3. The Kier molecular flexibility index (Phi) is 5.43. The zero-order valence-electron chi connectivity index (χ0n) is 14.4. The number of aryl methyl sites for hydroxylation is 1. The Balaban J connectivity index is 1.50. The molecule has 25 heavy (non-hydrogen) atoms. The number of esters is 1. The van der Waals surface area contributed by atoms with E-state index in [9.17, 15) is 9.59 Å². The first-order chi connectivity index (χ1) is 12.1. The van der Waals surface area contributed by atoms with Gasteiger partial charge in [-0.05, 0) is 43.5 Å². The predicted molar refractivity (Wildman–Crippen MR) is 93.8 cm³/mol. The van der Waals surface area contributed by atoms with Crippen LogP contribution in [0.1, 0.15) is 34.5 Å². The van der Waals surface area contributed by atoms with Gasteiger partial charge in [-0.15, -0.1) is 0 Å². The van der Waals surface area contributed by atoms with Gasteiger partial charge in [0.2, 0.25) is 0 Å². The molecule has 0 bridgehead atoms. The monoisotopic (exact) mass is 338 g/mol. The Hall–Kier alpha value is -2.69. The number of hydrogen-bond donors (Lipinski definition) is 0. The van der Waals surface area contributed by atoms with Crippen molar-refractivity contribution in [2.24, 2.45) is 5.92 Å². The topological polar surface area (TPSA) is 59.5 Å². The van der Waals surface area contributed by atoms with Gasteiger partial charge in [0, 0.05) is 24.8 Å². The van der Waals surface area contributed by atoms with Crippen molar-refractivity contribution >= 4 is 11.9 Å². The summed E-state index contributed by atoms with van der Waals surface area (Å²) >= 11 is 0. The lowest BCUT2D eigenvalue weighted by Crippen LogP contribution is -2.40. The minimum absolute atomic E-state index is 0.0402. The van der Waals surface area contributed by atoms with Crippen molar-refractivity contribution in [3.05, 3.63) is 65.5 Å². The predicted octanol–water partition coefficient (Wildman–Crippen LogP) is 2.99. The Labute approximate surface area is 147 Å². The van der Waals surface area contributed by atoms with Crippen LogP contribution in [0, 0.1) is 12.8 Å². The van der Waals surface area contributed by atoms with Crippen molar-refractivity contribution in [3.8, 4) is 0 Å². The van der Waals surface area contributed by atoms with Gasteiger partial charge >= 0.3 is 5.97 Å². The van der Waals surface area contributed by atoms with E-state index in [1.54, 1.807) is 6.20 Å². The van der Waals surface area contributed by atoms with Crippen LogP contribution in [-0.4, -0.2) is 34.8 Å². The van der Waals surface area contributed by atoms with Crippen molar-refractivity contribution in [3.63, 3.8) is 0 Å². The van der Waals surface area contributed by atoms with Crippen molar-refractivity contribution in [1.82, 2.24) is 9.88 Å². The van der Waals surface area contributed by atoms with E-state index in [1.165, 1.54) is 0 Å². The van der Waals surface area contributed by atoms with Crippen LogP contribution in [0.2, 0.25) is 0 Å². The number of amides is 1. The van der Waals surface area contributed by atoms with Gasteiger partial charge in [0.1, 0.15) is 6.61 Å². The van der Waals surface area contributed by atoms with E-state index in [2.05, 4.69) is 4.98 Å². The fraction of sp³-hybridized carbons (Fsp3) is 0.350. The molecule has 1 aromatic carbocycles. The molecule has 1 aliphatic heterocycles. The van der Waals surface area contributed by atoms with E-state index >= 15 is 0 Å². The van der Waals surface area contributed by atoms with Crippen LogP contribution in [0.15, 0.2) is 48.7 Å². The number of piperidine rings is 1. The molecule has 1 aliphatic rings. The zero-order chi connectivity index (χ0) is 17.6. The second-order valence-corrected chi connectivity index (χ2v) is 6.31. The highest BCUT2D eigenvalue weighted by molar-refractivity contribution is 5.95. The molecular formula is C20H22N2O3. The lowest BCUT2D eigenvalue weighted by molar-refractivity contribution is -0.151. The maximum atomic E-state index is 12.6. The Morgan fingerprint density at radius 3 is 2.52 bits per heavy atom. The molecule has 0 spiro atoms. The minimum Gasteiger partial charge on any atom is -0.459 e. The van der Waals surface area contributed by atoms with Gasteiger partial charge in [-0.3, -0.25) is 14.6 Å². The van der Waals surface area contributed by atoms with Crippen LogP contribution in [-0.2, 0) is 16.1 Å². The number of benzene rings is 1. The van der Waals surface area contributed by atoms with E-state index in [4.69, 9.17) is 4.74 Å². The summed E-state index contributed by atoms with van der Waals surface area (Å²) in [5.74, 6) is -0.309. The van der Waals surface area contributed by atoms with E-state index in [0.29, 0.717) is 25.9 Å². The molecule has 0 atom stereocenters. The average molecular weight is 338 g/mol. The second-order valence-electron chi connectivity index (χ2n) is 6.31. The molecule has 2 heterocycles. The first-order valence-corrected chi connectivity index (χ1v) is 8.56. The fourth-order valence-corrected chi connectivity index (χ4v) is 3.05. The third-order valence-corrected chi connectivity index (χ3v) is 4.58. The normalized spacial score (nSPS) is 15.0. The summed E-state index contributed by atoms with van der Waals surface area (Å²) in [6, 6.07) is 13.1. The molecule has 5 nitrogen and oxygen atoms in total. The summed E-state index contributed by atoms with van der Waals surface area (Å²) in [7, 11) is 0. The maximum Gasteiger partial charge on any atom is 0.309 e. The summed E-state index contributed by atoms with van der Waals surface area (Å²) in [4.78, 5) is 30.8. The Morgan fingerprint density at radius 1 is 1.12 bits per heavy atom. The largest absolute Gasteiger partial charge is 0.459 e. The molecule has 0 saturated carbocycles. The summed E-state index contributed by atoms with van der Waals surface area (Å²) in [6.45, 7) is 3.30. The van der Waals surface area contributed by atoms with E-state index in [0.717, 1.165) is 16.8 Å². The molecule has 0 radical (unpaired) electrons. The zero-order valence-corrected chi connectivity index (χ0v) is 14.4. The molecule has 1 aromatic heterocycles. The molecule has 0 aliphatic carbocycles. The summed E-state index contributed by atoms with van der Waals surface area (Å²) in [5.41, 5.74) is 2.45. The number of aromatic nitrogens is 1. The lowest BCUT2D eigenvalue weighted by atomic mass is 9.96. The van der Waals surface area contributed by atoms with E-state index in [1.807, 2.05) is 54.3 Å². The van der Waals surface area contributed by atoms with Crippen LogP contribution < -0.4 is 0 Å². The Bertz CT molecular complexity index is 738. The molecule has 2 aromatic rings. The number of carbonyl (C=O) groups excluding carboxylic acids is 2. The SMILES string of the molecule is Cc1ccccc1C(=O)N1CCC(C(=O)OCc2ccccn2)CC1. The van der Waals surface area contributed by atoms with Crippen LogP contribution in [0.25, 0.3) is 0 Å². The van der Waals surface area contributed by atoms with Gasteiger partial charge in [-0.25, -0.2) is 0 Å². The number of ether oxygens (including phenoxy) is 1. The van der Waals surface area contributed by atoms with Crippen LogP contribution in [0.5, 0.6) is 0 Å². The van der Waals surface area contributed by atoms with E-state index < -0.39 is 0 Å².